The molecule has 1 N–H and O–H groups in total. The fourth-order valence-corrected chi connectivity index (χ4v) is 2.26. The van der Waals surface area contributed by atoms with Gasteiger partial charge in [-0.3, -0.25) is 5.41 Å². The highest BCUT2D eigenvalue weighted by Crippen LogP contribution is 2.14. The highest BCUT2D eigenvalue weighted by atomic mass is 15.0. The van der Waals surface area contributed by atoms with E-state index in [9.17, 15) is 0 Å². The summed E-state index contributed by atoms with van der Waals surface area (Å²) in [7, 11) is 0. The van der Waals surface area contributed by atoms with E-state index in [0.717, 1.165) is 12.8 Å². The van der Waals surface area contributed by atoms with Crippen molar-refractivity contribution in [3.8, 4) is 6.07 Å². The normalized spacial score (nSPS) is 13.7. The zero-order chi connectivity index (χ0) is 14.6. The van der Waals surface area contributed by atoms with Crippen molar-refractivity contribution in [2.24, 2.45) is 9.98 Å². The van der Waals surface area contributed by atoms with Crippen LogP contribution in [0.4, 0.5) is 0 Å². The van der Waals surface area contributed by atoms with Crippen LogP contribution in [0.3, 0.4) is 0 Å². The Morgan fingerprint density at radius 2 is 1.55 bits per heavy atom. The van der Waals surface area contributed by atoms with Gasteiger partial charge in [0.05, 0.1) is 0 Å². The van der Waals surface area contributed by atoms with Crippen molar-refractivity contribution in [2.75, 3.05) is 0 Å². The first-order valence-electron chi connectivity index (χ1n) is 7.68. The molecule has 108 valence electrons. The molecule has 1 aliphatic heterocycles. The van der Waals surface area contributed by atoms with Crippen molar-refractivity contribution in [3.63, 3.8) is 0 Å². The molecule has 20 heavy (non-hydrogen) atoms. The van der Waals surface area contributed by atoms with E-state index in [1.807, 2.05) is 6.07 Å². The molecule has 0 spiro atoms. The predicted molar refractivity (Wildman–Crippen MR) is 83.6 cm³/mol. The van der Waals surface area contributed by atoms with Crippen molar-refractivity contribution in [1.82, 2.24) is 0 Å². The third kappa shape index (κ3) is 5.95. The molecule has 1 aliphatic rings. The molecule has 0 bridgehead atoms. The van der Waals surface area contributed by atoms with Gasteiger partial charge in [0.1, 0.15) is 11.9 Å². The number of nitrogens with one attached hydrogen (secondary N) is 1. The molecule has 0 aliphatic carbocycles. The molecule has 0 radical (unpaired) electrons. The Bertz CT molecular complexity index is 448. The van der Waals surface area contributed by atoms with E-state index in [2.05, 4.69) is 22.8 Å². The van der Waals surface area contributed by atoms with Crippen molar-refractivity contribution in [3.05, 3.63) is 5.70 Å². The van der Waals surface area contributed by atoms with E-state index in [0.29, 0.717) is 5.84 Å². The van der Waals surface area contributed by atoms with Crippen molar-refractivity contribution in [2.45, 2.75) is 71.1 Å². The molecule has 1 heterocycles. The van der Waals surface area contributed by atoms with E-state index in [-0.39, 0.29) is 11.4 Å². The SMILES string of the molecule is CCCCCCCCCCCC1=NC(=C=N)C(C#N)=N1. The molecular formula is C16H24N4. The number of nitriles is 1. The summed E-state index contributed by atoms with van der Waals surface area (Å²) in [5, 5.41) is 15.9. The maximum atomic E-state index is 8.82. The summed E-state index contributed by atoms with van der Waals surface area (Å²) in [4.78, 5) is 8.25. The Morgan fingerprint density at radius 3 is 2.05 bits per heavy atom. The lowest BCUT2D eigenvalue weighted by molar-refractivity contribution is 0.568. The number of hydrogen-bond acceptors (Lipinski definition) is 4. The van der Waals surface area contributed by atoms with Gasteiger partial charge in [0.15, 0.2) is 11.4 Å². The predicted octanol–water partition coefficient (Wildman–Crippen LogP) is 4.42. The number of amidine groups is 1. The van der Waals surface area contributed by atoms with Gasteiger partial charge in [-0.25, -0.2) is 9.98 Å². The Labute approximate surface area is 121 Å². The first-order chi connectivity index (χ1) is 9.81. The van der Waals surface area contributed by atoms with Crippen LogP contribution in [0.5, 0.6) is 0 Å². The average Bonchev–Trinajstić information content (AvgIpc) is 2.88. The van der Waals surface area contributed by atoms with Gasteiger partial charge in [-0.05, 0) is 6.42 Å². The van der Waals surface area contributed by atoms with Gasteiger partial charge in [0, 0.05) is 12.3 Å². The molecule has 4 heteroatoms. The van der Waals surface area contributed by atoms with Crippen LogP contribution in [-0.2, 0) is 0 Å². The van der Waals surface area contributed by atoms with E-state index < -0.39 is 0 Å². The van der Waals surface area contributed by atoms with E-state index in [1.54, 1.807) is 0 Å². The van der Waals surface area contributed by atoms with Crippen molar-refractivity contribution < 1.29 is 0 Å². The lowest BCUT2D eigenvalue weighted by atomic mass is 10.1. The number of rotatable bonds is 10. The number of aliphatic imine (C=N–C) groups is 2. The van der Waals surface area contributed by atoms with Crippen LogP contribution in [-0.4, -0.2) is 17.4 Å². The average molecular weight is 272 g/mol. The second-order valence-electron chi connectivity index (χ2n) is 5.15. The molecule has 0 unspecified atom stereocenters. The first kappa shape index (κ1) is 16.3. The second-order valence-corrected chi connectivity index (χ2v) is 5.15. The molecule has 0 aromatic carbocycles. The Kier molecular flexibility index (Phi) is 8.26. The maximum absolute atomic E-state index is 8.82. The molecule has 0 amide bonds. The molecule has 0 aromatic rings. The Balaban J connectivity index is 2.07. The van der Waals surface area contributed by atoms with Gasteiger partial charge in [0.25, 0.3) is 0 Å². The Hall–Kier alpha value is -1.72. The number of hydrogen-bond donors (Lipinski definition) is 1. The van der Waals surface area contributed by atoms with Gasteiger partial charge in [-0.2, -0.15) is 5.26 Å². The number of nitrogens with zero attached hydrogens (tertiary/aromatic N) is 3. The minimum absolute atomic E-state index is 0.228. The van der Waals surface area contributed by atoms with Crippen molar-refractivity contribution in [1.29, 1.82) is 10.7 Å². The third-order valence-electron chi connectivity index (χ3n) is 3.43. The molecule has 0 atom stereocenters. The molecule has 0 saturated heterocycles. The zero-order valence-corrected chi connectivity index (χ0v) is 12.4. The van der Waals surface area contributed by atoms with Crippen LogP contribution in [0, 0.1) is 16.7 Å². The fourth-order valence-electron chi connectivity index (χ4n) is 2.26. The van der Waals surface area contributed by atoms with Gasteiger partial charge < -0.3 is 0 Å². The summed E-state index contributed by atoms with van der Waals surface area (Å²) in [6.45, 7) is 2.24. The fraction of sp³-hybridized carbons (Fsp3) is 0.688. The molecule has 0 fully saturated rings. The van der Waals surface area contributed by atoms with Crippen LogP contribution < -0.4 is 0 Å². The van der Waals surface area contributed by atoms with Crippen LogP contribution in [0.25, 0.3) is 0 Å². The zero-order valence-electron chi connectivity index (χ0n) is 12.4. The van der Waals surface area contributed by atoms with Gasteiger partial charge in [0.2, 0.25) is 0 Å². The minimum atomic E-state index is 0.228. The van der Waals surface area contributed by atoms with Gasteiger partial charge in [-0.15, -0.1) is 0 Å². The van der Waals surface area contributed by atoms with E-state index in [1.165, 1.54) is 51.4 Å². The molecule has 0 saturated carbocycles. The third-order valence-corrected chi connectivity index (χ3v) is 3.43. The van der Waals surface area contributed by atoms with E-state index in [4.69, 9.17) is 10.7 Å². The van der Waals surface area contributed by atoms with E-state index >= 15 is 0 Å². The standard InChI is InChI=1S/C16H24N4/c1-2-3-4-5-6-7-8-9-10-11-16-19-14(12-17)15(13-18)20-16/h17H,2-11H2,1H3. The highest BCUT2D eigenvalue weighted by Gasteiger charge is 2.15. The lowest BCUT2D eigenvalue weighted by Crippen LogP contribution is -1.93. The number of unbranched alkanes of at least 4 members (excludes halogenated alkanes) is 8. The first-order valence-corrected chi connectivity index (χ1v) is 7.68. The van der Waals surface area contributed by atoms with Crippen LogP contribution in [0.2, 0.25) is 0 Å². The smallest absolute Gasteiger partial charge is 0.177 e. The summed E-state index contributed by atoms with van der Waals surface area (Å²) in [5.74, 6) is 2.84. The minimum Gasteiger partial charge on any atom is -0.257 e. The monoisotopic (exact) mass is 272 g/mol. The quantitative estimate of drug-likeness (QED) is 0.464. The highest BCUT2D eigenvalue weighted by molar-refractivity contribution is 6.23. The van der Waals surface area contributed by atoms with Gasteiger partial charge >= 0.3 is 0 Å². The van der Waals surface area contributed by atoms with Crippen LogP contribution in [0.1, 0.15) is 71.1 Å². The summed E-state index contributed by atoms with van der Waals surface area (Å²) in [6.07, 6.45) is 12.4. The maximum Gasteiger partial charge on any atom is 0.177 e. The summed E-state index contributed by atoms with van der Waals surface area (Å²) >= 11 is 0. The topological polar surface area (TPSA) is 72.4 Å². The summed E-state index contributed by atoms with van der Waals surface area (Å²) in [5.41, 5.74) is 0.504. The van der Waals surface area contributed by atoms with Gasteiger partial charge in [-0.1, -0.05) is 58.3 Å². The molecule has 0 aromatic heterocycles. The molecule has 1 rings (SSSR count). The largest absolute Gasteiger partial charge is 0.257 e. The molecular weight excluding hydrogens is 248 g/mol. The Morgan fingerprint density at radius 1 is 0.950 bits per heavy atom. The summed E-state index contributed by atoms with van der Waals surface area (Å²) < 4.78 is 0. The summed E-state index contributed by atoms with van der Waals surface area (Å²) in [6, 6.07) is 1.95. The van der Waals surface area contributed by atoms with Crippen LogP contribution >= 0.6 is 0 Å². The van der Waals surface area contributed by atoms with Crippen molar-refractivity contribution >= 4 is 17.4 Å². The van der Waals surface area contributed by atoms with Crippen LogP contribution in [0.15, 0.2) is 15.7 Å². The second kappa shape index (κ2) is 10.1. The molecule has 4 nitrogen and oxygen atoms in total. The lowest BCUT2D eigenvalue weighted by Gasteiger charge is -2.01. The number of allylic oxidation sites excluding steroid dienone is 1.